The van der Waals surface area contributed by atoms with Crippen LogP contribution in [0.3, 0.4) is 0 Å². The van der Waals surface area contributed by atoms with E-state index < -0.39 is 5.24 Å². The molecule has 0 fully saturated rings. The van der Waals surface area contributed by atoms with Crippen LogP contribution in [-0.2, 0) is 11.3 Å². The minimum absolute atomic E-state index is 0.164. The Kier molecular flexibility index (Phi) is 3.99. The lowest BCUT2D eigenvalue weighted by Gasteiger charge is -1.97. The number of hydrogen-bond acceptors (Lipinski definition) is 3. The first-order valence-electron chi connectivity index (χ1n) is 4.10. The molecule has 0 aliphatic carbocycles. The number of halogens is 1. The van der Waals surface area contributed by atoms with Crippen molar-refractivity contribution in [3.8, 4) is 0 Å². The highest BCUT2D eigenvalue weighted by Crippen LogP contribution is 2.11. The summed E-state index contributed by atoms with van der Waals surface area (Å²) >= 11 is 5.20. The number of carbonyl (C=O) groups is 1. The molecule has 0 saturated heterocycles. The summed E-state index contributed by atoms with van der Waals surface area (Å²) in [5.74, 6) is 0.786. The Morgan fingerprint density at radius 1 is 1.62 bits per heavy atom. The van der Waals surface area contributed by atoms with Crippen molar-refractivity contribution in [1.29, 1.82) is 0 Å². The molecular weight excluding hydrogens is 192 g/mol. The zero-order valence-corrected chi connectivity index (χ0v) is 8.13. The van der Waals surface area contributed by atoms with Gasteiger partial charge in [-0.2, -0.15) is 0 Å². The topological polar surface area (TPSA) is 39.4 Å². The van der Waals surface area contributed by atoms with Gasteiger partial charge in [-0.15, -0.1) is 0 Å². The predicted molar refractivity (Wildman–Crippen MR) is 48.8 cm³/mol. The van der Waals surface area contributed by atoms with Crippen molar-refractivity contribution in [2.45, 2.75) is 20.0 Å². The fourth-order valence-electron chi connectivity index (χ4n) is 0.878. The van der Waals surface area contributed by atoms with Gasteiger partial charge in [0.25, 0.3) is 5.24 Å². The van der Waals surface area contributed by atoms with Crippen LogP contribution < -0.4 is 0 Å². The van der Waals surface area contributed by atoms with Gasteiger partial charge in [0.05, 0.1) is 0 Å². The Labute approximate surface area is 81.6 Å². The zero-order chi connectivity index (χ0) is 9.68. The first-order valence-corrected chi connectivity index (χ1v) is 4.48. The van der Waals surface area contributed by atoms with Crippen LogP contribution in [0.15, 0.2) is 16.5 Å². The third-order valence-electron chi connectivity index (χ3n) is 1.45. The smallest absolute Gasteiger partial charge is 0.287 e. The summed E-state index contributed by atoms with van der Waals surface area (Å²) in [6.45, 7) is 3.10. The van der Waals surface area contributed by atoms with E-state index >= 15 is 0 Å². The van der Waals surface area contributed by atoms with Crippen LogP contribution in [0.1, 0.15) is 29.7 Å². The van der Waals surface area contributed by atoms with Gasteiger partial charge in [0.15, 0.2) is 5.76 Å². The molecule has 1 heterocycles. The summed E-state index contributed by atoms with van der Waals surface area (Å²) in [7, 11) is 0. The summed E-state index contributed by atoms with van der Waals surface area (Å²) in [4.78, 5) is 10.6. The third-order valence-corrected chi connectivity index (χ3v) is 1.63. The van der Waals surface area contributed by atoms with Gasteiger partial charge in [0.2, 0.25) is 0 Å². The largest absolute Gasteiger partial charge is 0.454 e. The molecule has 0 radical (unpaired) electrons. The van der Waals surface area contributed by atoms with Crippen LogP contribution >= 0.6 is 11.6 Å². The highest BCUT2D eigenvalue weighted by Gasteiger charge is 2.07. The molecule has 1 aromatic rings. The van der Waals surface area contributed by atoms with Gasteiger partial charge in [-0.05, 0) is 30.2 Å². The minimum Gasteiger partial charge on any atom is -0.454 e. The van der Waals surface area contributed by atoms with E-state index in [1.165, 1.54) is 0 Å². The zero-order valence-electron chi connectivity index (χ0n) is 7.38. The normalized spacial score (nSPS) is 10.3. The Balaban J connectivity index is 2.44. The first-order chi connectivity index (χ1) is 6.24. The summed E-state index contributed by atoms with van der Waals surface area (Å²) < 4.78 is 10.3. The van der Waals surface area contributed by atoms with Gasteiger partial charge >= 0.3 is 0 Å². The van der Waals surface area contributed by atoms with Gasteiger partial charge in [-0.1, -0.05) is 6.92 Å². The van der Waals surface area contributed by atoms with Gasteiger partial charge < -0.3 is 9.15 Å². The van der Waals surface area contributed by atoms with Crippen molar-refractivity contribution < 1.29 is 13.9 Å². The van der Waals surface area contributed by atoms with Crippen LogP contribution in [-0.4, -0.2) is 11.8 Å². The molecule has 0 amide bonds. The van der Waals surface area contributed by atoms with Crippen molar-refractivity contribution >= 4 is 16.8 Å². The average molecular weight is 203 g/mol. The van der Waals surface area contributed by atoms with E-state index in [0.717, 1.165) is 6.42 Å². The Morgan fingerprint density at radius 2 is 2.38 bits per heavy atom. The van der Waals surface area contributed by atoms with E-state index in [1.54, 1.807) is 12.1 Å². The second-order valence-electron chi connectivity index (χ2n) is 2.59. The van der Waals surface area contributed by atoms with E-state index in [0.29, 0.717) is 19.0 Å². The van der Waals surface area contributed by atoms with Crippen LogP contribution in [0, 0.1) is 0 Å². The summed E-state index contributed by atoms with van der Waals surface area (Å²) in [6, 6.07) is 3.23. The van der Waals surface area contributed by atoms with Crippen LogP contribution in [0.25, 0.3) is 0 Å². The maximum absolute atomic E-state index is 10.6. The lowest BCUT2D eigenvalue weighted by molar-refractivity contribution is 0.0992. The monoisotopic (exact) mass is 202 g/mol. The fraction of sp³-hybridized carbons (Fsp3) is 0.444. The quantitative estimate of drug-likeness (QED) is 0.544. The minimum atomic E-state index is -0.582. The molecule has 13 heavy (non-hydrogen) atoms. The Bertz CT molecular complexity index is 280. The molecule has 0 aliphatic heterocycles. The molecule has 0 spiro atoms. The molecule has 0 saturated carbocycles. The number of furan rings is 1. The number of hydrogen-bond donors (Lipinski definition) is 0. The molecule has 0 aliphatic rings. The highest BCUT2D eigenvalue weighted by atomic mass is 35.5. The third kappa shape index (κ3) is 3.20. The Morgan fingerprint density at radius 3 is 2.92 bits per heavy atom. The molecule has 72 valence electrons. The van der Waals surface area contributed by atoms with Crippen molar-refractivity contribution in [2.75, 3.05) is 6.61 Å². The van der Waals surface area contributed by atoms with E-state index in [4.69, 9.17) is 20.8 Å². The second-order valence-corrected chi connectivity index (χ2v) is 2.94. The SMILES string of the molecule is CCCOCc1ccc(C(=O)Cl)o1. The standard InChI is InChI=1S/C9H11ClO3/c1-2-5-12-6-7-3-4-8(13-7)9(10)11/h3-4H,2,5-6H2,1H3. The maximum Gasteiger partial charge on any atom is 0.287 e. The second kappa shape index (κ2) is 5.04. The maximum atomic E-state index is 10.6. The van der Waals surface area contributed by atoms with E-state index in [1.807, 2.05) is 6.92 Å². The molecule has 0 aromatic carbocycles. The van der Waals surface area contributed by atoms with Gasteiger partial charge in [0.1, 0.15) is 12.4 Å². The molecule has 0 atom stereocenters. The van der Waals surface area contributed by atoms with Gasteiger partial charge in [-0.3, -0.25) is 4.79 Å². The van der Waals surface area contributed by atoms with Gasteiger partial charge in [-0.25, -0.2) is 0 Å². The molecule has 0 bridgehead atoms. The molecule has 3 nitrogen and oxygen atoms in total. The van der Waals surface area contributed by atoms with Crippen molar-refractivity contribution in [3.63, 3.8) is 0 Å². The molecule has 1 aromatic heterocycles. The van der Waals surface area contributed by atoms with Crippen molar-refractivity contribution in [1.82, 2.24) is 0 Å². The lowest BCUT2D eigenvalue weighted by Crippen LogP contribution is -1.92. The molecule has 4 heteroatoms. The molecule has 0 N–H and O–H groups in total. The summed E-state index contributed by atoms with van der Waals surface area (Å²) in [5, 5.41) is -0.582. The van der Waals surface area contributed by atoms with Crippen LogP contribution in [0.2, 0.25) is 0 Å². The van der Waals surface area contributed by atoms with Crippen LogP contribution in [0.5, 0.6) is 0 Å². The van der Waals surface area contributed by atoms with Crippen LogP contribution in [0.4, 0.5) is 0 Å². The number of ether oxygens (including phenoxy) is 1. The number of carbonyl (C=O) groups excluding carboxylic acids is 1. The van der Waals surface area contributed by atoms with E-state index in [-0.39, 0.29) is 5.76 Å². The van der Waals surface area contributed by atoms with Gasteiger partial charge in [0, 0.05) is 6.61 Å². The predicted octanol–water partition coefficient (Wildman–Crippen LogP) is 2.59. The summed E-state index contributed by atoms with van der Waals surface area (Å²) in [5.41, 5.74) is 0. The molecule has 0 unspecified atom stereocenters. The molecule has 1 rings (SSSR count). The molecular formula is C9H11ClO3. The summed E-state index contributed by atoms with van der Waals surface area (Å²) in [6.07, 6.45) is 0.960. The fourth-order valence-corrected chi connectivity index (χ4v) is 0.980. The lowest BCUT2D eigenvalue weighted by atomic mass is 10.4. The number of rotatable bonds is 5. The van der Waals surface area contributed by atoms with Crippen molar-refractivity contribution in [3.05, 3.63) is 23.7 Å². The highest BCUT2D eigenvalue weighted by molar-refractivity contribution is 6.67. The Hall–Kier alpha value is -0.800. The average Bonchev–Trinajstić information content (AvgIpc) is 2.53. The van der Waals surface area contributed by atoms with Crippen molar-refractivity contribution in [2.24, 2.45) is 0 Å². The van der Waals surface area contributed by atoms with E-state index in [9.17, 15) is 4.79 Å². The first kappa shape index (κ1) is 10.3. The van der Waals surface area contributed by atoms with E-state index in [2.05, 4.69) is 0 Å².